The molecule has 0 spiro atoms. The molecule has 0 atom stereocenters. The number of methoxy groups -OCH3 is 1. The van der Waals surface area contributed by atoms with E-state index in [0.717, 1.165) is 17.9 Å². The topological polar surface area (TPSA) is 50.8 Å². The van der Waals surface area contributed by atoms with Crippen molar-refractivity contribution < 1.29 is 14.3 Å². The molecule has 1 amide bonds. The number of carbonyl (C=O) groups is 1. The molecule has 1 aliphatic rings. The SMILES string of the molecule is COCCNCC(=O)N1CCCOc2ccccc21. The minimum atomic E-state index is 0.0639. The van der Waals surface area contributed by atoms with E-state index in [-0.39, 0.29) is 5.91 Å². The predicted octanol–water partition coefficient (Wildman–Crippen LogP) is 1.04. The number of ether oxygens (including phenoxy) is 2. The highest BCUT2D eigenvalue weighted by Gasteiger charge is 2.21. The van der Waals surface area contributed by atoms with Crippen LogP contribution in [0.2, 0.25) is 0 Å². The van der Waals surface area contributed by atoms with Gasteiger partial charge in [0.2, 0.25) is 5.91 Å². The van der Waals surface area contributed by atoms with Gasteiger partial charge in [0.1, 0.15) is 5.75 Å². The number of para-hydroxylation sites is 2. The molecule has 1 aliphatic heterocycles. The fourth-order valence-corrected chi connectivity index (χ4v) is 2.05. The van der Waals surface area contributed by atoms with Gasteiger partial charge in [0.25, 0.3) is 0 Å². The molecule has 0 saturated carbocycles. The van der Waals surface area contributed by atoms with E-state index in [9.17, 15) is 4.79 Å². The molecule has 0 unspecified atom stereocenters. The summed E-state index contributed by atoms with van der Waals surface area (Å²) in [6.07, 6.45) is 0.846. The Morgan fingerprint density at radius 2 is 2.32 bits per heavy atom. The molecule has 0 bridgehead atoms. The normalized spacial score (nSPS) is 14.5. The van der Waals surface area contributed by atoms with Crippen LogP contribution in [0.1, 0.15) is 6.42 Å². The number of nitrogens with zero attached hydrogens (tertiary/aromatic N) is 1. The number of fused-ring (bicyclic) bond motifs is 1. The zero-order valence-corrected chi connectivity index (χ0v) is 11.2. The molecule has 5 heteroatoms. The summed E-state index contributed by atoms with van der Waals surface area (Å²) in [6, 6.07) is 7.67. The molecule has 1 heterocycles. The van der Waals surface area contributed by atoms with Crippen LogP contribution in [0.25, 0.3) is 0 Å². The van der Waals surface area contributed by atoms with Crippen molar-refractivity contribution in [2.45, 2.75) is 6.42 Å². The number of amides is 1. The van der Waals surface area contributed by atoms with Gasteiger partial charge in [-0.05, 0) is 18.6 Å². The molecule has 1 aromatic carbocycles. The van der Waals surface area contributed by atoms with E-state index in [0.29, 0.717) is 32.8 Å². The summed E-state index contributed by atoms with van der Waals surface area (Å²) in [5.74, 6) is 0.847. The lowest BCUT2D eigenvalue weighted by atomic mass is 10.2. The first-order valence-electron chi connectivity index (χ1n) is 6.55. The van der Waals surface area contributed by atoms with E-state index in [4.69, 9.17) is 9.47 Å². The van der Waals surface area contributed by atoms with Crippen LogP contribution in [0.4, 0.5) is 5.69 Å². The number of hydrogen-bond acceptors (Lipinski definition) is 4. The van der Waals surface area contributed by atoms with Gasteiger partial charge in [-0.15, -0.1) is 0 Å². The van der Waals surface area contributed by atoms with E-state index in [1.54, 1.807) is 12.0 Å². The molecule has 1 aromatic rings. The predicted molar refractivity (Wildman–Crippen MR) is 73.7 cm³/mol. The van der Waals surface area contributed by atoms with Crippen molar-refractivity contribution >= 4 is 11.6 Å². The Labute approximate surface area is 113 Å². The summed E-state index contributed by atoms with van der Waals surface area (Å²) in [4.78, 5) is 14.0. The molecule has 1 N–H and O–H groups in total. The smallest absolute Gasteiger partial charge is 0.241 e. The van der Waals surface area contributed by atoms with Crippen LogP contribution in [-0.4, -0.2) is 45.9 Å². The first-order chi connectivity index (χ1) is 9.33. The van der Waals surface area contributed by atoms with Crippen molar-refractivity contribution in [1.29, 1.82) is 0 Å². The van der Waals surface area contributed by atoms with E-state index in [1.165, 1.54) is 0 Å². The van der Waals surface area contributed by atoms with Gasteiger partial charge in [0, 0.05) is 20.2 Å². The Morgan fingerprint density at radius 3 is 3.16 bits per heavy atom. The van der Waals surface area contributed by atoms with Gasteiger partial charge in [0.15, 0.2) is 0 Å². The first-order valence-corrected chi connectivity index (χ1v) is 6.55. The molecule has 5 nitrogen and oxygen atoms in total. The lowest BCUT2D eigenvalue weighted by molar-refractivity contribution is -0.117. The average Bonchev–Trinajstić information content (AvgIpc) is 2.66. The van der Waals surface area contributed by atoms with Gasteiger partial charge in [-0.2, -0.15) is 0 Å². The number of anilines is 1. The Morgan fingerprint density at radius 1 is 1.47 bits per heavy atom. The highest BCUT2D eigenvalue weighted by atomic mass is 16.5. The van der Waals surface area contributed by atoms with Crippen molar-refractivity contribution in [2.24, 2.45) is 0 Å². The average molecular weight is 264 g/mol. The zero-order valence-electron chi connectivity index (χ0n) is 11.2. The molecule has 0 radical (unpaired) electrons. The third-order valence-corrected chi connectivity index (χ3v) is 3.00. The van der Waals surface area contributed by atoms with E-state index in [1.807, 2.05) is 24.3 Å². The molecular formula is C14H20N2O3. The van der Waals surface area contributed by atoms with E-state index in [2.05, 4.69) is 5.32 Å². The Hall–Kier alpha value is -1.59. The third-order valence-electron chi connectivity index (χ3n) is 3.00. The van der Waals surface area contributed by atoms with Gasteiger partial charge < -0.3 is 19.7 Å². The number of hydrogen-bond donors (Lipinski definition) is 1. The third kappa shape index (κ3) is 3.68. The maximum atomic E-state index is 12.2. The number of nitrogens with one attached hydrogen (secondary N) is 1. The summed E-state index contributed by atoms with van der Waals surface area (Å²) in [6.45, 7) is 2.94. The minimum Gasteiger partial charge on any atom is -0.491 e. The second-order valence-electron chi connectivity index (χ2n) is 4.38. The monoisotopic (exact) mass is 264 g/mol. The molecular weight excluding hydrogens is 244 g/mol. The second kappa shape index (κ2) is 7.11. The van der Waals surface area contributed by atoms with E-state index < -0.39 is 0 Å². The summed E-state index contributed by atoms with van der Waals surface area (Å²) in [7, 11) is 1.64. The van der Waals surface area contributed by atoms with Crippen molar-refractivity contribution in [1.82, 2.24) is 5.32 Å². The van der Waals surface area contributed by atoms with Crippen molar-refractivity contribution in [3.8, 4) is 5.75 Å². The molecule has 104 valence electrons. The summed E-state index contributed by atoms with van der Waals surface area (Å²) < 4.78 is 10.6. The van der Waals surface area contributed by atoms with Gasteiger partial charge in [0.05, 0.1) is 25.4 Å². The standard InChI is InChI=1S/C14H20N2O3/c1-18-10-7-15-11-14(17)16-8-4-9-19-13-6-3-2-5-12(13)16/h2-3,5-6,15H,4,7-11H2,1H3. The Kier molecular flexibility index (Phi) is 5.18. The van der Waals surface area contributed by atoms with Gasteiger partial charge in [-0.3, -0.25) is 4.79 Å². The Bertz CT molecular complexity index is 423. The second-order valence-corrected chi connectivity index (χ2v) is 4.38. The van der Waals surface area contributed by atoms with Crippen molar-refractivity contribution in [3.05, 3.63) is 24.3 Å². The van der Waals surface area contributed by atoms with Gasteiger partial charge in [-0.25, -0.2) is 0 Å². The highest BCUT2D eigenvalue weighted by molar-refractivity contribution is 5.96. The number of carbonyl (C=O) groups excluding carboxylic acids is 1. The lowest BCUT2D eigenvalue weighted by Crippen LogP contribution is -2.39. The van der Waals surface area contributed by atoms with Gasteiger partial charge in [-0.1, -0.05) is 12.1 Å². The largest absolute Gasteiger partial charge is 0.491 e. The van der Waals surface area contributed by atoms with E-state index >= 15 is 0 Å². The number of rotatable bonds is 5. The summed E-state index contributed by atoms with van der Waals surface area (Å²) in [5, 5.41) is 3.08. The van der Waals surface area contributed by atoms with Crippen LogP contribution >= 0.6 is 0 Å². The fraction of sp³-hybridized carbons (Fsp3) is 0.500. The highest BCUT2D eigenvalue weighted by Crippen LogP contribution is 2.30. The zero-order chi connectivity index (χ0) is 13.5. The van der Waals surface area contributed by atoms with Crippen LogP contribution in [0, 0.1) is 0 Å². The number of benzene rings is 1. The van der Waals surface area contributed by atoms with Crippen molar-refractivity contribution in [2.75, 3.05) is 44.9 Å². The molecule has 0 aromatic heterocycles. The quantitative estimate of drug-likeness (QED) is 0.807. The van der Waals surface area contributed by atoms with Crippen LogP contribution in [0.5, 0.6) is 5.75 Å². The van der Waals surface area contributed by atoms with Crippen molar-refractivity contribution in [3.63, 3.8) is 0 Å². The maximum absolute atomic E-state index is 12.2. The van der Waals surface area contributed by atoms with Crippen LogP contribution in [-0.2, 0) is 9.53 Å². The molecule has 0 aliphatic carbocycles. The van der Waals surface area contributed by atoms with Crippen LogP contribution in [0.15, 0.2) is 24.3 Å². The fourth-order valence-electron chi connectivity index (χ4n) is 2.05. The molecule has 2 rings (SSSR count). The summed E-state index contributed by atoms with van der Waals surface area (Å²) >= 11 is 0. The molecule has 19 heavy (non-hydrogen) atoms. The Balaban J connectivity index is 2.00. The summed E-state index contributed by atoms with van der Waals surface area (Å²) in [5.41, 5.74) is 0.860. The van der Waals surface area contributed by atoms with Crippen LogP contribution in [0.3, 0.4) is 0 Å². The van der Waals surface area contributed by atoms with Crippen LogP contribution < -0.4 is 15.0 Å². The first kappa shape index (κ1) is 13.8. The molecule has 0 saturated heterocycles. The molecule has 0 fully saturated rings. The van der Waals surface area contributed by atoms with Gasteiger partial charge >= 0.3 is 0 Å². The lowest BCUT2D eigenvalue weighted by Gasteiger charge is -2.21. The maximum Gasteiger partial charge on any atom is 0.241 e. The minimum absolute atomic E-state index is 0.0639.